The van der Waals surface area contributed by atoms with Crippen molar-refractivity contribution in [2.24, 2.45) is 5.92 Å². The zero-order chi connectivity index (χ0) is 19.1. The normalized spacial score (nSPS) is 27.5. The summed E-state index contributed by atoms with van der Waals surface area (Å²) < 4.78 is 56.0. The standard InChI is InChI=1S/C15H15F3N2O5S/c1-2-23-12(21)10-11(7-3-4-8-9(5-7)25-6-24-8)19-13(26)20-14(10,22)15(16,17)18/h3-5,10-11,22H,2,6H2,1H3,(H2,19,20,26)/t10-,11+,14+/m0/s1. The van der Waals surface area contributed by atoms with Gasteiger partial charge in [0.1, 0.15) is 5.92 Å². The number of hydrogen-bond acceptors (Lipinski definition) is 6. The Morgan fingerprint density at radius 1 is 1.42 bits per heavy atom. The minimum Gasteiger partial charge on any atom is -0.466 e. The van der Waals surface area contributed by atoms with E-state index in [-0.39, 0.29) is 19.0 Å². The molecule has 26 heavy (non-hydrogen) atoms. The smallest absolute Gasteiger partial charge is 0.437 e. The molecule has 1 fully saturated rings. The summed E-state index contributed by atoms with van der Waals surface area (Å²) in [4.78, 5) is 12.3. The van der Waals surface area contributed by atoms with E-state index in [4.69, 9.17) is 26.4 Å². The Morgan fingerprint density at radius 3 is 2.77 bits per heavy atom. The average Bonchev–Trinajstić information content (AvgIpc) is 3.00. The molecule has 0 saturated carbocycles. The molecule has 142 valence electrons. The van der Waals surface area contributed by atoms with E-state index >= 15 is 0 Å². The van der Waals surface area contributed by atoms with Crippen LogP contribution in [0.2, 0.25) is 0 Å². The molecule has 11 heteroatoms. The summed E-state index contributed by atoms with van der Waals surface area (Å²) in [5.74, 6) is -2.54. The molecule has 2 heterocycles. The molecule has 0 unspecified atom stereocenters. The monoisotopic (exact) mass is 392 g/mol. The van der Waals surface area contributed by atoms with Crippen molar-refractivity contribution in [1.29, 1.82) is 0 Å². The lowest BCUT2D eigenvalue weighted by atomic mass is 9.82. The summed E-state index contributed by atoms with van der Waals surface area (Å²) in [5, 5.41) is 14.3. The summed E-state index contributed by atoms with van der Waals surface area (Å²) >= 11 is 4.81. The number of carbonyl (C=O) groups is 1. The minimum atomic E-state index is -5.19. The van der Waals surface area contributed by atoms with E-state index in [1.54, 1.807) is 5.32 Å². The fourth-order valence-electron chi connectivity index (χ4n) is 2.92. The second-order valence-electron chi connectivity index (χ2n) is 5.68. The third-order valence-corrected chi connectivity index (χ3v) is 4.32. The van der Waals surface area contributed by atoms with Crippen molar-refractivity contribution in [3.8, 4) is 11.5 Å². The molecule has 0 radical (unpaired) electrons. The van der Waals surface area contributed by atoms with Gasteiger partial charge >= 0.3 is 12.1 Å². The molecule has 3 rings (SSSR count). The maximum atomic E-state index is 13.6. The molecule has 0 spiro atoms. The van der Waals surface area contributed by atoms with Crippen molar-refractivity contribution < 1.29 is 37.3 Å². The van der Waals surface area contributed by atoms with E-state index in [0.717, 1.165) is 0 Å². The van der Waals surface area contributed by atoms with Crippen LogP contribution in [0.4, 0.5) is 13.2 Å². The molecule has 1 aromatic rings. The highest BCUT2D eigenvalue weighted by Gasteiger charge is 2.66. The SMILES string of the molecule is CCOC(=O)[C@@H]1[C@@H](c2ccc3c(c2)OCO3)NC(=S)N[C@]1(O)C(F)(F)F. The molecule has 2 aliphatic rings. The summed E-state index contributed by atoms with van der Waals surface area (Å²) in [6.07, 6.45) is -5.19. The number of nitrogens with one attached hydrogen (secondary N) is 2. The predicted octanol–water partition coefficient (Wildman–Crippen LogP) is 1.36. The van der Waals surface area contributed by atoms with Crippen molar-refractivity contribution in [2.75, 3.05) is 13.4 Å². The Morgan fingerprint density at radius 2 is 2.12 bits per heavy atom. The third kappa shape index (κ3) is 3.01. The summed E-state index contributed by atoms with van der Waals surface area (Å²) in [7, 11) is 0. The molecule has 2 aliphatic heterocycles. The van der Waals surface area contributed by atoms with Gasteiger partial charge in [0.05, 0.1) is 12.6 Å². The van der Waals surface area contributed by atoms with Gasteiger partial charge in [0, 0.05) is 0 Å². The van der Waals surface area contributed by atoms with Crippen molar-refractivity contribution in [2.45, 2.75) is 24.9 Å². The molecule has 1 saturated heterocycles. The number of carbonyl (C=O) groups excluding carboxylic acids is 1. The Kier molecular flexibility index (Phi) is 4.61. The first-order valence-electron chi connectivity index (χ1n) is 7.61. The molecule has 0 aliphatic carbocycles. The van der Waals surface area contributed by atoms with Crippen LogP contribution in [0, 0.1) is 5.92 Å². The highest BCUT2D eigenvalue weighted by Crippen LogP contribution is 2.44. The zero-order valence-corrected chi connectivity index (χ0v) is 14.2. The number of hydrogen-bond donors (Lipinski definition) is 3. The van der Waals surface area contributed by atoms with Gasteiger partial charge in [-0.05, 0) is 36.8 Å². The van der Waals surface area contributed by atoms with Gasteiger partial charge in [-0.3, -0.25) is 4.79 Å². The van der Waals surface area contributed by atoms with Gasteiger partial charge in [0.15, 0.2) is 16.6 Å². The molecule has 7 nitrogen and oxygen atoms in total. The van der Waals surface area contributed by atoms with E-state index in [0.29, 0.717) is 11.5 Å². The van der Waals surface area contributed by atoms with E-state index in [1.165, 1.54) is 25.1 Å². The maximum Gasteiger partial charge on any atom is 0.437 e. The Balaban J connectivity index is 2.08. The van der Waals surface area contributed by atoms with Crippen LogP contribution in [0.15, 0.2) is 18.2 Å². The molecule has 3 N–H and O–H groups in total. The van der Waals surface area contributed by atoms with E-state index in [9.17, 15) is 23.1 Å². The van der Waals surface area contributed by atoms with Gasteiger partial charge in [-0.25, -0.2) is 0 Å². The number of halogens is 3. The number of thiocarbonyl (C=S) groups is 1. The lowest BCUT2D eigenvalue weighted by molar-refractivity contribution is -0.292. The van der Waals surface area contributed by atoms with Crippen LogP contribution in [0.3, 0.4) is 0 Å². The quantitative estimate of drug-likeness (QED) is 0.525. The van der Waals surface area contributed by atoms with Crippen LogP contribution in [0.5, 0.6) is 11.5 Å². The van der Waals surface area contributed by atoms with Crippen LogP contribution >= 0.6 is 12.2 Å². The van der Waals surface area contributed by atoms with Crippen LogP contribution in [0.1, 0.15) is 18.5 Å². The maximum absolute atomic E-state index is 13.6. The van der Waals surface area contributed by atoms with Gasteiger partial charge in [-0.2, -0.15) is 13.2 Å². The van der Waals surface area contributed by atoms with Gasteiger partial charge in [-0.1, -0.05) is 6.07 Å². The number of rotatable bonds is 3. The summed E-state index contributed by atoms with van der Waals surface area (Å²) in [6.45, 7) is 1.28. The van der Waals surface area contributed by atoms with E-state index < -0.39 is 34.9 Å². The zero-order valence-electron chi connectivity index (χ0n) is 13.4. The molecular weight excluding hydrogens is 377 g/mol. The van der Waals surface area contributed by atoms with Crippen LogP contribution in [-0.4, -0.2) is 41.5 Å². The van der Waals surface area contributed by atoms with E-state index in [2.05, 4.69) is 5.32 Å². The number of ether oxygens (including phenoxy) is 3. The predicted molar refractivity (Wildman–Crippen MR) is 85.3 cm³/mol. The fraction of sp³-hybridized carbons (Fsp3) is 0.467. The highest BCUT2D eigenvalue weighted by atomic mass is 32.1. The average molecular weight is 392 g/mol. The highest BCUT2D eigenvalue weighted by molar-refractivity contribution is 7.80. The fourth-order valence-corrected chi connectivity index (χ4v) is 3.20. The molecule has 1 aromatic carbocycles. The summed E-state index contributed by atoms with van der Waals surface area (Å²) in [5.41, 5.74) is -3.35. The lowest BCUT2D eigenvalue weighted by Gasteiger charge is -2.45. The van der Waals surface area contributed by atoms with Crippen LogP contribution in [-0.2, 0) is 9.53 Å². The molecular formula is C15H15F3N2O5S. The number of aliphatic hydroxyl groups is 1. The molecule has 3 atom stereocenters. The number of alkyl halides is 3. The molecule has 0 bridgehead atoms. The number of benzene rings is 1. The van der Waals surface area contributed by atoms with Crippen molar-refractivity contribution in [1.82, 2.24) is 10.6 Å². The second-order valence-corrected chi connectivity index (χ2v) is 6.09. The Hall–Kier alpha value is -2.27. The lowest BCUT2D eigenvalue weighted by Crippen LogP contribution is -2.73. The first kappa shape index (κ1) is 18.5. The van der Waals surface area contributed by atoms with Crippen molar-refractivity contribution in [3.05, 3.63) is 23.8 Å². The van der Waals surface area contributed by atoms with Gasteiger partial charge < -0.3 is 30.0 Å². The largest absolute Gasteiger partial charge is 0.466 e. The first-order chi connectivity index (χ1) is 12.2. The van der Waals surface area contributed by atoms with Crippen LogP contribution in [0.25, 0.3) is 0 Å². The molecule has 0 amide bonds. The number of fused-ring (bicyclic) bond motifs is 1. The van der Waals surface area contributed by atoms with E-state index in [1.807, 2.05) is 0 Å². The topological polar surface area (TPSA) is 89.1 Å². The van der Waals surface area contributed by atoms with Crippen LogP contribution < -0.4 is 20.1 Å². The minimum absolute atomic E-state index is 0.0232. The van der Waals surface area contributed by atoms with Gasteiger partial charge in [0.2, 0.25) is 6.79 Å². The van der Waals surface area contributed by atoms with Crippen molar-refractivity contribution >= 4 is 23.3 Å². The Labute approximate surface area is 151 Å². The van der Waals surface area contributed by atoms with Gasteiger partial charge in [0.25, 0.3) is 5.72 Å². The summed E-state index contributed by atoms with van der Waals surface area (Å²) in [6, 6.07) is 3.09. The Bertz CT molecular complexity index is 744. The number of esters is 1. The molecule has 0 aromatic heterocycles. The van der Waals surface area contributed by atoms with Crippen molar-refractivity contribution in [3.63, 3.8) is 0 Å². The second kappa shape index (κ2) is 6.47. The third-order valence-electron chi connectivity index (χ3n) is 4.10. The first-order valence-corrected chi connectivity index (χ1v) is 8.02. The van der Waals surface area contributed by atoms with Gasteiger partial charge in [-0.15, -0.1) is 0 Å².